The van der Waals surface area contributed by atoms with Gasteiger partial charge in [-0.25, -0.2) is 0 Å². The van der Waals surface area contributed by atoms with Crippen LogP contribution in [0, 0.1) is 0 Å². The van der Waals surface area contributed by atoms with Gasteiger partial charge in [0.15, 0.2) is 11.5 Å². The van der Waals surface area contributed by atoms with Gasteiger partial charge in [0, 0.05) is 30.6 Å². The van der Waals surface area contributed by atoms with Gasteiger partial charge < -0.3 is 24.4 Å². The fraction of sp³-hybridized carbons (Fsp3) is 0.579. The predicted octanol–water partition coefficient (Wildman–Crippen LogP) is 2.20. The van der Waals surface area contributed by atoms with E-state index in [4.69, 9.17) is 14.2 Å². The summed E-state index contributed by atoms with van der Waals surface area (Å²) in [7, 11) is 4.69. The average Bonchev–Trinajstić information content (AvgIpc) is 3.07. The Kier molecular flexibility index (Phi) is 5.58. The van der Waals surface area contributed by atoms with Crippen LogP contribution in [0.2, 0.25) is 0 Å². The minimum absolute atomic E-state index is 0.141. The van der Waals surface area contributed by atoms with Crippen molar-refractivity contribution in [3.8, 4) is 11.5 Å². The van der Waals surface area contributed by atoms with Gasteiger partial charge in [-0.1, -0.05) is 6.07 Å². The Hall–Kier alpha value is -1.93. The molecule has 1 saturated heterocycles. The number of ether oxygens (including phenoxy) is 3. The van der Waals surface area contributed by atoms with Crippen molar-refractivity contribution in [3.63, 3.8) is 0 Å². The van der Waals surface area contributed by atoms with Crippen LogP contribution in [0.1, 0.15) is 41.6 Å². The molecule has 0 bridgehead atoms. The number of carbonyl (C=O) groups excluding carboxylic acids is 2. The quantitative estimate of drug-likeness (QED) is 0.715. The minimum atomic E-state index is -0.564. The van der Waals surface area contributed by atoms with Gasteiger partial charge in [0.1, 0.15) is 11.4 Å². The molecule has 0 saturated carbocycles. The lowest BCUT2D eigenvalue weighted by Gasteiger charge is -2.29. The molecule has 0 spiro atoms. The first-order chi connectivity index (χ1) is 12.9. The maximum atomic E-state index is 13.3. The zero-order valence-electron chi connectivity index (χ0n) is 16.3. The number of nitrogens with zero attached hydrogens (tertiary/aromatic N) is 1. The molecule has 2 aliphatic rings. The molecule has 1 aromatic carbocycles. The molecule has 0 aromatic heterocycles. The van der Waals surface area contributed by atoms with Crippen LogP contribution < -0.4 is 14.8 Å². The maximum absolute atomic E-state index is 13.3. The highest BCUT2D eigenvalue weighted by Gasteiger charge is 2.58. The van der Waals surface area contributed by atoms with Crippen molar-refractivity contribution in [3.05, 3.63) is 23.3 Å². The second-order valence-electron chi connectivity index (χ2n) is 7.09. The topological polar surface area (TPSA) is 77.1 Å². The molecule has 0 aliphatic carbocycles. The van der Waals surface area contributed by atoms with Crippen LogP contribution in [-0.4, -0.2) is 62.0 Å². The Morgan fingerprint density at radius 2 is 2.00 bits per heavy atom. The fourth-order valence-electron chi connectivity index (χ4n) is 3.78. The van der Waals surface area contributed by atoms with Gasteiger partial charge in [0.25, 0.3) is 5.91 Å². The van der Waals surface area contributed by atoms with E-state index in [1.54, 1.807) is 36.9 Å². The Bertz CT molecular complexity index is 752. The van der Waals surface area contributed by atoms with E-state index in [1.807, 2.05) is 19.9 Å². The fourth-order valence-corrected chi connectivity index (χ4v) is 5.36. The van der Waals surface area contributed by atoms with E-state index < -0.39 is 10.8 Å². The maximum Gasteiger partial charge on any atom is 0.260 e. The molecule has 2 heterocycles. The number of methoxy groups -OCH3 is 3. The van der Waals surface area contributed by atoms with Gasteiger partial charge >= 0.3 is 0 Å². The van der Waals surface area contributed by atoms with E-state index in [0.29, 0.717) is 30.2 Å². The van der Waals surface area contributed by atoms with Crippen LogP contribution in [0.25, 0.3) is 0 Å². The summed E-state index contributed by atoms with van der Waals surface area (Å²) in [6.45, 7) is 5.10. The Morgan fingerprint density at radius 1 is 1.26 bits per heavy atom. The Labute approximate surface area is 163 Å². The van der Waals surface area contributed by atoms with Gasteiger partial charge in [-0.2, -0.15) is 0 Å². The van der Waals surface area contributed by atoms with Crippen LogP contribution >= 0.6 is 11.8 Å². The van der Waals surface area contributed by atoms with Crippen molar-refractivity contribution < 1.29 is 23.8 Å². The molecule has 2 aliphatic heterocycles. The number of thioether (sulfide) groups is 1. The molecule has 2 atom stereocenters. The molecule has 2 amide bonds. The van der Waals surface area contributed by atoms with Gasteiger partial charge in [-0.05, 0) is 26.3 Å². The summed E-state index contributed by atoms with van der Waals surface area (Å²) >= 11 is 1.62. The third-order valence-electron chi connectivity index (χ3n) is 4.97. The average molecular weight is 394 g/mol. The number of benzene rings is 1. The number of rotatable bonds is 7. The standard InChI is InChI=1S/C19H26N2O5S/c1-19(2)15(16(22)20-9-6-10-24-3)21-17(23)13-11(18(21)27-19)7-8-12(25-4)14(13)26-5/h7-8,15,18H,6,9-10H2,1-5H3,(H,20,22)/t15-,18-/m1/s1. The van der Waals surface area contributed by atoms with E-state index in [-0.39, 0.29) is 17.2 Å². The Balaban J connectivity index is 1.92. The highest BCUT2D eigenvalue weighted by molar-refractivity contribution is 8.01. The monoisotopic (exact) mass is 394 g/mol. The highest BCUT2D eigenvalue weighted by Crippen LogP contribution is 2.58. The van der Waals surface area contributed by atoms with Crippen LogP contribution in [0.3, 0.4) is 0 Å². The van der Waals surface area contributed by atoms with Crippen molar-refractivity contribution >= 4 is 23.6 Å². The summed E-state index contributed by atoms with van der Waals surface area (Å²) in [5.41, 5.74) is 1.35. The minimum Gasteiger partial charge on any atom is -0.493 e. The van der Waals surface area contributed by atoms with Gasteiger partial charge in [-0.3, -0.25) is 9.59 Å². The summed E-state index contributed by atoms with van der Waals surface area (Å²) in [6.07, 6.45) is 0.727. The molecule has 7 nitrogen and oxygen atoms in total. The Morgan fingerprint density at radius 3 is 2.63 bits per heavy atom. The van der Waals surface area contributed by atoms with Gasteiger partial charge in [0.05, 0.1) is 19.8 Å². The molecule has 8 heteroatoms. The second-order valence-corrected chi connectivity index (χ2v) is 8.83. The summed E-state index contributed by atoms with van der Waals surface area (Å²) in [6, 6.07) is 3.13. The van der Waals surface area contributed by atoms with Gasteiger partial charge in [-0.15, -0.1) is 11.8 Å². The number of hydrogen-bond acceptors (Lipinski definition) is 6. The number of nitrogens with one attached hydrogen (secondary N) is 1. The zero-order chi connectivity index (χ0) is 19.8. The van der Waals surface area contributed by atoms with Crippen LogP contribution in [0.4, 0.5) is 0 Å². The largest absolute Gasteiger partial charge is 0.493 e. The molecular formula is C19H26N2O5S. The molecule has 3 rings (SSSR count). The van der Waals surface area contributed by atoms with Crippen LogP contribution in [-0.2, 0) is 9.53 Å². The van der Waals surface area contributed by atoms with Crippen molar-refractivity contribution in [2.45, 2.75) is 36.4 Å². The molecule has 0 radical (unpaired) electrons. The first kappa shape index (κ1) is 19.8. The third kappa shape index (κ3) is 3.25. The van der Waals surface area contributed by atoms with Crippen LogP contribution in [0.15, 0.2) is 12.1 Å². The zero-order valence-corrected chi connectivity index (χ0v) is 17.1. The number of hydrogen-bond donors (Lipinski definition) is 1. The molecule has 148 valence electrons. The summed E-state index contributed by atoms with van der Waals surface area (Å²) in [5.74, 6) is 0.599. The molecule has 1 N–H and O–H groups in total. The lowest BCUT2D eigenvalue weighted by Crippen LogP contribution is -2.52. The summed E-state index contributed by atoms with van der Waals surface area (Å²) in [4.78, 5) is 27.9. The van der Waals surface area contributed by atoms with E-state index in [0.717, 1.165) is 12.0 Å². The lowest BCUT2D eigenvalue weighted by atomic mass is 10.0. The van der Waals surface area contributed by atoms with E-state index in [9.17, 15) is 9.59 Å². The summed E-state index contributed by atoms with van der Waals surface area (Å²) in [5, 5.41) is 2.73. The van der Waals surface area contributed by atoms with Crippen LogP contribution in [0.5, 0.6) is 11.5 Å². The molecule has 1 aromatic rings. The molecule has 0 unspecified atom stereocenters. The highest BCUT2D eigenvalue weighted by atomic mass is 32.2. The smallest absolute Gasteiger partial charge is 0.260 e. The van der Waals surface area contributed by atoms with Crippen molar-refractivity contribution in [1.82, 2.24) is 10.2 Å². The predicted molar refractivity (Wildman–Crippen MR) is 103 cm³/mol. The van der Waals surface area contributed by atoms with E-state index in [2.05, 4.69) is 5.32 Å². The van der Waals surface area contributed by atoms with Crippen molar-refractivity contribution in [1.29, 1.82) is 0 Å². The number of fused-ring (bicyclic) bond motifs is 3. The first-order valence-electron chi connectivity index (χ1n) is 8.89. The van der Waals surface area contributed by atoms with E-state index in [1.165, 1.54) is 7.11 Å². The normalized spacial score (nSPS) is 22.4. The lowest BCUT2D eigenvalue weighted by molar-refractivity contribution is -0.126. The molecule has 27 heavy (non-hydrogen) atoms. The van der Waals surface area contributed by atoms with E-state index >= 15 is 0 Å². The first-order valence-corrected chi connectivity index (χ1v) is 9.77. The van der Waals surface area contributed by atoms with Gasteiger partial charge in [0.2, 0.25) is 5.91 Å². The number of amides is 2. The second kappa shape index (κ2) is 7.59. The molecule has 1 fully saturated rings. The van der Waals surface area contributed by atoms with Crippen molar-refractivity contribution in [2.75, 3.05) is 34.5 Å². The summed E-state index contributed by atoms with van der Waals surface area (Å²) < 4.78 is 15.4. The molecular weight excluding hydrogens is 368 g/mol. The van der Waals surface area contributed by atoms with Crippen molar-refractivity contribution in [2.24, 2.45) is 0 Å². The third-order valence-corrected chi connectivity index (χ3v) is 6.50. The SMILES string of the molecule is COCCCNC(=O)[C@H]1N2C(=O)c3c(ccc(OC)c3OC)[C@H]2SC1(C)C. The number of carbonyl (C=O) groups is 2.